The van der Waals surface area contributed by atoms with Crippen LogP contribution in [0, 0.1) is 11.6 Å². The molecule has 0 fully saturated rings. The first-order chi connectivity index (χ1) is 11.5. The molecule has 0 aliphatic rings. The lowest BCUT2D eigenvalue weighted by Gasteiger charge is -2.20. The number of hydrogen-bond acceptors (Lipinski definition) is 3. The molecule has 24 heavy (non-hydrogen) atoms. The van der Waals surface area contributed by atoms with E-state index < -0.39 is 12.1 Å². The summed E-state index contributed by atoms with van der Waals surface area (Å²) in [5.41, 5.74) is 0.520. The van der Waals surface area contributed by atoms with Gasteiger partial charge in [-0.05, 0) is 48.9 Å². The Morgan fingerprint density at radius 1 is 1.08 bits per heavy atom. The lowest BCUT2D eigenvalue weighted by atomic mass is 10.0. The van der Waals surface area contributed by atoms with Gasteiger partial charge in [-0.3, -0.25) is 4.79 Å². The second-order valence-electron chi connectivity index (χ2n) is 5.40. The van der Waals surface area contributed by atoms with Gasteiger partial charge < -0.3 is 15.2 Å². The maximum absolute atomic E-state index is 12.9. The van der Waals surface area contributed by atoms with E-state index in [1.807, 2.05) is 0 Å². The minimum Gasteiger partial charge on any atom is -0.493 e. The minimum atomic E-state index is -0.937. The molecule has 0 aliphatic heterocycles. The molecule has 2 rings (SSSR count). The quantitative estimate of drug-likeness (QED) is 0.818. The minimum absolute atomic E-state index is 0.0951. The zero-order valence-electron chi connectivity index (χ0n) is 13.2. The molecule has 2 atom stereocenters. The molecule has 0 heterocycles. The molecular weight excluding hydrogens is 316 g/mol. The zero-order chi connectivity index (χ0) is 17.5. The highest BCUT2D eigenvalue weighted by atomic mass is 19.1. The summed E-state index contributed by atoms with van der Waals surface area (Å²) >= 11 is 0. The van der Waals surface area contributed by atoms with Crippen LogP contribution in [-0.4, -0.2) is 23.7 Å². The average Bonchev–Trinajstić information content (AvgIpc) is 2.56. The van der Waals surface area contributed by atoms with Crippen LogP contribution < -0.4 is 10.1 Å². The zero-order valence-corrected chi connectivity index (χ0v) is 13.2. The Labute approximate surface area is 139 Å². The van der Waals surface area contributed by atoms with Crippen LogP contribution in [0.2, 0.25) is 0 Å². The Kier molecular flexibility index (Phi) is 6.26. The molecular formula is C18H19F2NO3. The van der Waals surface area contributed by atoms with Gasteiger partial charge in [0.1, 0.15) is 17.4 Å². The number of benzene rings is 2. The molecule has 0 spiro atoms. The third kappa shape index (κ3) is 5.31. The molecule has 4 nitrogen and oxygen atoms in total. The highest BCUT2D eigenvalue weighted by Gasteiger charge is 2.18. The third-order valence-corrected chi connectivity index (χ3v) is 3.49. The summed E-state index contributed by atoms with van der Waals surface area (Å²) in [5.74, 6) is -0.557. The van der Waals surface area contributed by atoms with Crippen molar-refractivity contribution in [2.45, 2.75) is 25.5 Å². The highest BCUT2D eigenvalue weighted by Crippen LogP contribution is 2.17. The van der Waals surface area contributed by atoms with E-state index in [0.717, 1.165) is 0 Å². The van der Waals surface area contributed by atoms with Crippen molar-refractivity contribution >= 4 is 5.91 Å². The number of aliphatic hydroxyl groups is 1. The van der Waals surface area contributed by atoms with Crippen molar-refractivity contribution in [1.82, 2.24) is 5.32 Å². The van der Waals surface area contributed by atoms with Crippen LogP contribution in [0.5, 0.6) is 5.75 Å². The first-order valence-corrected chi connectivity index (χ1v) is 7.57. The van der Waals surface area contributed by atoms with Crippen molar-refractivity contribution in [2.24, 2.45) is 0 Å². The largest absolute Gasteiger partial charge is 0.493 e. The molecule has 1 amide bonds. The summed E-state index contributed by atoms with van der Waals surface area (Å²) in [6.07, 6.45) is -0.842. The van der Waals surface area contributed by atoms with Gasteiger partial charge in [0.25, 0.3) is 0 Å². The van der Waals surface area contributed by atoms with E-state index in [1.165, 1.54) is 48.5 Å². The fourth-order valence-electron chi connectivity index (χ4n) is 2.15. The first-order valence-electron chi connectivity index (χ1n) is 7.57. The monoisotopic (exact) mass is 335 g/mol. The summed E-state index contributed by atoms with van der Waals surface area (Å²) in [6.45, 7) is 1.80. The summed E-state index contributed by atoms with van der Waals surface area (Å²) in [4.78, 5) is 11.9. The van der Waals surface area contributed by atoms with E-state index in [9.17, 15) is 18.7 Å². The van der Waals surface area contributed by atoms with Crippen molar-refractivity contribution in [3.8, 4) is 5.75 Å². The molecule has 0 saturated heterocycles. The molecule has 0 aliphatic carbocycles. The van der Waals surface area contributed by atoms with E-state index in [1.54, 1.807) is 6.92 Å². The van der Waals surface area contributed by atoms with Crippen molar-refractivity contribution < 1.29 is 23.4 Å². The number of nitrogens with one attached hydrogen (secondary N) is 1. The predicted octanol–water partition coefficient (Wildman–Crippen LogP) is 2.97. The van der Waals surface area contributed by atoms with E-state index in [-0.39, 0.29) is 30.6 Å². The summed E-state index contributed by atoms with van der Waals surface area (Å²) in [6, 6.07) is 10.4. The number of aliphatic hydroxyl groups excluding tert-OH is 1. The maximum Gasteiger partial charge on any atom is 0.223 e. The van der Waals surface area contributed by atoms with Gasteiger partial charge in [-0.15, -0.1) is 0 Å². The number of carbonyl (C=O) groups is 1. The molecule has 2 N–H and O–H groups in total. The van der Waals surface area contributed by atoms with Gasteiger partial charge in [-0.2, -0.15) is 0 Å². The van der Waals surface area contributed by atoms with E-state index in [2.05, 4.69) is 5.32 Å². The number of rotatable bonds is 7. The molecule has 2 aromatic carbocycles. The van der Waals surface area contributed by atoms with Crippen molar-refractivity contribution in [1.29, 1.82) is 0 Å². The Morgan fingerprint density at radius 2 is 1.62 bits per heavy atom. The Balaban J connectivity index is 1.76. The van der Waals surface area contributed by atoms with Crippen LogP contribution in [-0.2, 0) is 4.79 Å². The third-order valence-electron chi connectivity index (χ3n) is 3.49. The Hall–Kier alpha value is -2.47. The molecule has 0 bridgehead atoms. The molecule has 0 radical (unpaired) electrons. The molecule has 0 saturated carbocycles. The average molecular weight is 335 g/mol. The van der Waals surface area contributed by atoms with Crippen molar-refractivity contribution in [2.75, 3.05) is 6.61 Å². The normalized spacial score (nSPS) is 13.2. The van der Waals surface area contributed by atoms with Crippen LogP contribution in [0.25, 0.3) is 0 Å². The van der Waals surface area contributed by atoms with Crippen molar-refractivity contribution in [3.05, 3.63) is 65.7 Å². The van der Waals surface area contributed by atoms with Crippen LogP contribution in [0.1, 0.15) is 25.0 Å². The van der Waals surface area contributed by atoms with Gasteiger partial charge >= 0.3 is 0 Å². The van der Waals surface area contributed by atoms with Crippen molar-refractivity contribution in [3.63, 3.8) is 0 Å². The smallest absolute Gasteiger partial charge is 0.223 e. The predicted molar refractivity (Wildman–Crippen MR) is 85.5 cm³/mol. The van der Waals surface area contributed by atoms with E-state index in [4.69, 9.17) is 4.74 Å². The summed E-state index contributed by atoms with van der Waals surface area (Å²) in [7, 11) is 0. The summed E-state index contributed by atoms with van der Waals surface area (Å²) < 4.78 is 31.0. The van der Waals surface area contributed by atoms with Gasteiger partial charge in [0, 0.05) is 0 Å². The molecule has 2 unspecified atom stereocenters. The fraction of sp³-hybridized carbons (Fsp3) is 0.278. The SMILES string of the molecule is CC(NC(=O)CCOc1ccc(F)cc1)C(O)c1ccc(F)cc1. The standard InChI is InChI=1S/C18H19F2NO3/c1-12(18(23)13-2-4-14(19)5-3-13)21-17(22)10-11-24-16-8-6-15(20)7-9-16/h2-9,12,18,23H,10-11H2,1H3,(H,21,22). The van der Waals surface area contributed by atoms with Gasteiger partial charge in [0.2, 0.25) is 5.91 Å². The summed E-state index contributed by atoms with van der Waals surface area (Å²) in [5, 5.41) is 12.8. The van der Waals surface area contributed by atoms with Gasteiger partial charge in [0.15, 0.2) is 0 Å². The second kappa shape index (κ2) is 8.40. The van der Waals surface area contributed by atoms with Crippen LogP contribution in [0.4, 0.5) is 8.78 Å². The van der Waals surface area contributed by atoms with Gasteiger partial charge in [-0.1, -0.05) is 12.1 Å². The lowest BCUT2D eigenvalue weighted by molar-refractivity contribution is -0.123. The van der Waals surface area contributed by atoms with E-state index in [0.29, 0.717) is 11.3 Å². The number of carbonyl (C=O) groups excluding carboxylic acids is 1. The molecule has 2 aromatic rings. The topological polar surface area (TPSA) is 58.6 Å². The first kappa shape index (κ1) is 17.9. The van der Waals surface area contributed by atoms with Gasteiger partial charge in [-0.25, -0.2) is 8.78 Å². The molecule has 0 aromatic heterocycles. The number of hydrogen-bond donors (Lipinski definition) is 2. The number of halogens is 2. The molecule has 6 heteroatoms. The number of amides is 1. The van der Waals surface area contributed by atoms with Crippen LogP contribution in [0.15, 0.2) is 48.5 Å². The number of ether oxygens (including phenoxy) is 1. The molecule has 128 valence electrons. The van der Waals surface area contributed by atoms with Crippen LogP contribution in [0.3, 0.4) is 0 Å². The van der Waals surface area contributed by atoms with E-state index >= 15 is 0 Å². The Bertz CT molecular complexity index is 659. The second-order valence-corrected chi connectivity index (χ2v) is 5.40. The van der Waals surface area contributed by atoms with Gasteiger partial charge in [0.05, 0.1) is 25.2 Å². The Morgan fingerprint density at radius 3 is 2.21 bits per heavy atom. The highest BCUT2D eigenvalue weighted by molar-refractivity contribution is 5.76. The van der Waals surface area contributed by atoms with Crippen LogP contribution >= 0.6 is 0 Å². The lowest BCUT2D eigenvalue weighted by Crippen LogP contribution is -2.37. The maximum atomic E-state index is 12.9. The fourth-order valence-corrected chi connectivity index (χ4v) is 2.15.